The third kappa shape index (κ3) is 7.18. The Morgan fingerprint density at radius 3 is 2.06 bits per heavy atom. The summed E-state index contributed by atoms with van der Waals surface area (Å²) in [6.07, 6.45) is 5.96. The molecule has 0 fully saturated rings. The standard InChI is InChI=1S/C26H30O6/c1-4-6-7-8-19-9-11-21(12-10-19)22-13-23(31-25(29)18(3)16-27)15-24(14-22)32-26(30)20(5-2)17-28/h5,9-15,27-28H,3-4,6-8,16-17H2,1-2H3/b20-5+. The molecule has 0 radical (unpaired) electrons. The molecule has 0 saturated carbocycles. The molecule has 0 amide bonds. The number of aliphatic hydroxyl groups excluding tert-OH is 2. The number of carbonyl (C=O) groups excluding carboxylic acids is 2. The zero-order valence-electron chi connectivity index (χ0n) is 18.6. The Morgan fingerprint density at radius 2 is 1.53 bits per heavy atom. The second-order valence-electron chi connectivity index (χ2n) is 7.36. The summed E-state index contributed by atoms with van der Waals surface area (Å²) in [5, 5.41) is 18.4. The van der Waals surface area contributed by atoms with Crippen molar-refractivity contribution in [2.75, 3.05) is 13.2 Å². The summed E-state index contributed by atoms with van der Waals surface area (Å²) >= 11 is 0. The molecular formula is C26H30O6. The van der Waals surface area contributed by atoms with Crippen LogP contribution < -0.4 is 9.47 Å². The molecule has 0 aliphatic rings. The van der Waals surface area contributed by atoms with Crippen molar-refractivity contribution in [3.05, 3.63) is 71.8 Å². The van der Waals surface area contributed by atoms with Crippen molar-refractivity contribution in [1.29, 1.82) is 0 Å². The van der Waals surface area contributed by atoms with Gasteiger partial charge in [0.05, 0.1) is 24.4 Å². The monoisotopic (exact) mass is 438 g/mol. The predicted molar refractivity (Wildman–Crippen MR) is 123 cm³/mol. The number of aryl methyl sites for hydroxylation is 1. The summed E-state index contributed by atoms with van der Waals surface area (Å²) in [6.45, 7) is 6.28. The van der Waals surface area contributed by atoms with Crippen LogP contribution in [0.5, 0.6) is 11.5 Å². The summed E-state index contributed by atoms with van der Waals surface area (Å²) in [6, 6.07) is 12.7. The average Bonchev–Trinajstić information content (AvgIpc) is 2.79. The van der Waals surface area contributed by atoms with Crippen LogP contribution in [0.4, 0.5) is 0 Å². The van der Waals surface area contributed by atoms with Gasteiger partial charge in [-0.2, -0.15) is 0 Å². The molecule has 2 N–H and O–H groups in total. The van der Waals surface area contributed by atoms with Crippen molar-refractivity contribution in [2.24, 2.45) is 0 Å². The van der Waals surface area contributed by atoms with Gasteiger partial charge in [0, 0.05) is 6.07 Å². The first-order valence-electron chi connectivity index (χ1n) is 10.6. The van der Waals surface area contributed by atoms with Crippen LogP contribution in [0.1, 0.15) is 38.7 Å². The van der Waals surface area contributed by atoms with Crippen LogP contribution in [0.3, 0.4) is 0 Å². The zero-order valence-corrected chi connectivity index (χ0v) is 18.6. The maximum absolute atomic E-state index is 12.3. The van der Waals surface area contributed by atoms with Crippen LogP contribution >= 0.6 is 0 Å². The molecule has 170 valence electrons. The predicted octanol–water partition coefficient (Wildman–Crippen LogP) is 4.38. The Labute approximate surface area is 188 Å². The summed E-state index contributed by atoms with van der Waals surface area (Å²) in [5.74, 6) is -1.18. The van der Waals surface area contributed by atoms with Crippen LogP contribution in [0.2, 0.25) is 0 Å². The second-order valence-corrected chi connectivity index (χ2v) is 7.36. The van der Waals surface area contributed by atoms with Crippen molar-refractivity contribution in [3.63, 3.8) is 0 Å². The quantitative estimate of drug-likeness (QED) is 0.234. The van der Waals surface area contributed by atoms with Gasteiger partial charge in [0.1, 0.15) is 11.5 Å². The molecule has 0 saturated heterocycles. The number of benzene rings is 2. The molecule has 6 heteroatoms. The minimum Gasteiger partial charge on any atom is -0.423 e. The molecule has 6 nitrogen and oxygen atoms in total. The Kier molecular flexibility index (Phi) is 9.85. The molecule has 0 aliphatic carbocycles. The SMILES string of the molecule is C=C(CO)C(=O)Oc1cc(OC(=O)/C(=C/C)CO)cc(-c2ccc(CCCCC)cc2)c1. The normalized spacial score (nSPS) is 11.2. The molecule has 2 aromatic rings. The number of carbonyl (C=O) groups is 2. The van der Waals surface area contributed by atoms with Gasteiger partial charge in [-0.25, -0.2) is 9.59 Å². The van der Waals surface area contributed by atoms with E-state index in [9.17, 15) is 14.7 Å². The maximum atomic E-state index is 12.3. The van der Waals surface area contributed by atoms with E-state index in [-0.39, 0.29) is 22.6 Å². The highest BCUT2D eigenvalue weighted by molar-refractivity contribution is 5.91. The maximum Gasteiger partial charge on any atom is 0.341 e. The number of rotatable bonds is 11. The van der Waals surface area contributed by atoms with Crippen molar-refractivity contribution in [2.45, 2.75) is 39.5 Å². The fourth-order valence-electron chi connectivity index (χ4n) is 2.99. The minimum absolute atomic E-state index is 0.0955. The third-order valence-corrected chi connectivity index (χ3v) is 4.92. The van der Waals surface area contributed by atoms with Gasteiger partial charge in [-0.1, -0.05) is 56.7 Å². The van der Waals surface area contributed by atoms with E-state index >= 15 is 0 Å². The highest BCUT2D eigenvalue weighted by atomic mass is 16.5. The van der Waals surface area contributed by atoms with Gasteiger partial charge in [0.25, 0.3) is 0 Å². The van der Waals surface area contributed by atoms with Crippen LogP contribution in [0.15, 0.2) is 66.3 Å². The van der Waals surface area contributed by atoms with E-state index in [1.807, 2.05) is 24.3 Å². The molecule has 0 spiro atoms. The van der Waals surface area contributed by atoms with Crippen LogP contribution in [-0.4, -0.2) is 35.4 Å². The van der Waals surface area contributed by atoms with E-state index in [0.717, 1.165) is 18.4 Å². The molecular weight excluding hydrogens is 408 g/mol. The first-order valence-corrected chi connectivity index (χ1v) is 10.6. The van der Waals surface area contributed by atoms with E-state index in [2.05, 4.69) is 13.5 Å². The van der Waals surface area contributed by atoms with Crippen LogP contribution in [0, 0.1) is 0 Å². The van der Waals surface area contributed by atoms with Crippen molar-refractivity contribution in [3.8, 4) is 22.6 Å². The number of esters is 2. The Balaban J connectivity index is 2.35. The van der Waals surface area contributed by atoms with E-state index < -0.39 is 25.2 Å². The largest absolute Gasteiger partial charge is 0.423 e. The van der Waals surface area contributed by atoms with Gasteiger partial charge in [-0.3, -0.25) is 0 Å². The minimum atomic E-state index is -0.780. The summed E-state index contributed by atoms with van der Waals surface area (Å²) in [5.41, 5.74) is 2.78. The third-order valence-electron chi connectivity index (χ3n) is 4.92. The highest BCUT2D eigenvalue weighted by Gasteiger charge is 2.15. The molecule has 0 aromatic heterocycles. The molecule has 2 aromatic carbocycles. The molecule has 32 heavy (non-hydrogen) atoms. The van der Waals surface area contributed by atoms with E-state index in [1.54, 1.807) is 19.1 Å². The Bertz CT molecular complexity index is 972. The molecule has 0 heterocycles. The van der Waals surface area contributed by atoms with Crippen molar-refractivity contribution in [1.82, 2.24) is 0 Å². The van der Waals surface area contributed by atoms with Gasteiger partial charge in [0.15, 0.2) is 0 Å². The smallest absolute Gasteiger partial charge is 0.341 e. The summed E-state index contributed by atoms with van der Waals surface area (Å²) < 4.78 is 10.7. The lowest BCUT2D eigenvalue weighted by Crippen LogP contribution is -2.15. The average molecular weight is 439 g/mol. The number of hydrogen-bond acceptors (Lipinski definition) is 6. The second kappa shape index (κ2) is 12.6. The fraction of sp³-hybridized carbons (Fsp3) is 0.308. The number of allylic oxidation sites excluding steroid dienone is 1. The number of aliphatic hydroxyl groups is 2. The Hall–Kier alpha value is -3.22. The van der Waals surface area contributed by atoms with E-state index in [4.69, 9.17) is 14.6 Å². The van der Waals surface area contributed by atoms with Gasteiger partial charge >= 0.3 is 11.9 Å². The fourth-order valence-corrected chi connectivity index (χ4v) is 2.99. The topological polar surface area (TPSA) is 93.1 Å². The van der Waals surface area contributed by atoms with Gasteiger partial charge in [-0.15, -0.1) is 0 Å². The van der Waals surface area contributed by atoms with Crippen molar-refractivity contribution < 1.29 is 29.3 Å². The molecule has 0 atom stereocenters. The lowest BCUT2D eigenvalue weighted by Gasteiger charge is -2.12. The summed E-state index contributed by atoms with van der Waals surface area (Å²) in [7, 11) is 0. The Morgan fingerprint density at radius 1 is 0.906 bits per heavy atom. The van der Waals surface area contributed by atoms with E-state index in [1.165, 1.54) is 30.5 Å². The molecule has 0 unspecified atom stereocenters. The molecule has 2 rings (SSSR count). The first kappa shape index (κ1) is 25.0. The number of hydrogen-bond donors (Lipinski definition) is 2. The lowest BCUT2D eigenvalue weighted by molar-refractivity contribution is -0.131. The molecule has 0 bridgehead atoms. The highest BCUT2D eigenvalue weighted by Crippen LogP contribution is 2.31. The number of ether oxygens (including phenoxy) is 2. The van der Waals surface area contributed by atoms with Crippen molar-refractivity contribution >= 4 is 11.9 Å². The first-order chi connectivity index (χ1) is 15.4. The van der Waals surface area contributed by atoms with Crippen LogP contribution in [0.25, 0.3) is 11.1 Å². The number of unbranched alkanes of at least 4 members (excludes halogenated alkanes) is 2. The zero-order chi connectivity index (χ0) is 23.5. The summed E-state index contributed by atoms with van der Waals surface area (Å²) in [4.78, 5) is 24.3. The van der Waals surface area contributed by atoms with Gasteiger partial charge in [-0.05, 0) is 48.6 Å². The molecule has 0 aliphatic heterocycles. The van der Waals surface area contributed by atoms with Gasteiger partial charge in [0.2, 0.25) is 0 Å². The lowest BCUT2D eigenvalue weighted by atomic mass is 10.0. The van der Waals surface area contributed by atoms with Crippen LogP contribution in [-0.2, 0) is 16.0 Å². The van der Waals surface area contributed by atoms with Gasteiger partial charge < -0.3 is 19.7 Å². The van der Waals surface area contributed by atoms with E-state index in [0.29, 0.717) is 5.56 Å².